The number of likely N-dealkylation sites (tertiary alicyclic amines) is 1. The van der Waals surface area contributed by atoms with Crippen molar-refractivity contribution in [2.24, 2.45) is 0 Å². The minimum Gasteiger partial charge on any atom is -0.350 e. The predicted octanol–water partition coefficient (Wildman–Crippen LogP) is 3.07. The number of carbonyl (C=O) groups is 1. The van der Waals surface area contributed by atoms with Gasteiger partial charge >= 0.3 is 0 Å². The summed E-state index contributed by atoms with van der Waals surface area (Å²) in [6.07, 6.45) is 3.98. The molecule has 0 aliphatic carbocycles. The molecule has 0 unspecified atom stereocenters. The number of halogens is 1. The summed E-state index contributed by atoms with van der Waals surface area (Å²) in [5, 5.41) is 3.79. The van der Waals surface area contributed by atoms with E-state index >= 15 is 0 Å². The zero-order chi connectivity index (χ0) is 19.4. The first-order valence-electron chi connectivity index (χ1n) is 9.24. The molecular formula is C20H26ClN5O. The van der Waals surface area contributed by atoms with Crippen LogP contribution < -0.4 is 10.2 Å². The molecule has 27 heavy (non-hydrogen) atoms. The molecule has 6 nitrogen and oxygen atoms in total. The van der Waals surface area contributed by atoms with Gasteiger partial charge in [0, 0.05) is 31.9 Å². The summed E-state index contributed by atoms with van der Waals surface area (Å²) >= 11 is 6.04. The molecule has 0 saturated carbocycles. The van der Waals surface area contributed by atoms with Gasteiger partial charge in [0.15, 0.2) is 0 Å². The molecule has 0 spiro atoms. The van der Waals surface area contributed by atoms with Crippen molar-refractivity contribution < 1.29 is 4.79 Å². The van der Waals surface area contributed by atoms with Crippen LogP contribution >= 0.6 is 11.6 Å². The summed E-state index contributed by atoms with van der Waals surface area (Å²) in [4.78, 5) is 25.6. The van der Waals surface area contributed by atoms with Gasteiger partial charge in [-0.1, -0.05) is 23.7 Å². The summed E-state index contributed by atoms with van der Waals surface area (Å²) in [5.74, 6) is 0.455. The number of amides is 1. The molecule has 2 aromatic rings. The molecule has 1 atom stereocenters. The number of anilines is 1. The molecule has 1 aromatic carbocycles. The summed E-state index contributed by atoms with van der Waals surface area (Å²) < 4.78 is 0. The molecular weight excluding hydrogens is 362 g/mol. The van der Waals surface area contributed by atoms with Crippen LogP contribution in [-0.2, 0) is 0 Å². The Morgan fingerprint density at radius 2 is 1.93 bits per heavy atom. The lowest BCUT2D eigenvalue weighted by molar-refractivity contribution is 0.0936. The average molecular weight is 388 g/mol. The topological polar surface area (TPSA) is 61.4 Å². The third-order valence-electron chi connectivity index (χ3n) is 4.90. The van der Waals surface area contributed by atoms with Gasteiger partial charge in [-0.15, -0.1) is 0 Å². The van der Waals surface area contributed by atoms with Crippen LogP contribution in [0.4, 0.5) is 5.95 Å². The number of nitrogens with one attached hydrogen (secondary N) is 1. The van der Waals surface area contributed by atoms with Crippen molar-refractivity contribution in [3.63, 3.8) is 0 Å². The van der Waals surface area contributed by atoms with Crippen molar-refractivity contribution >= 4 is 23.5 Å². The van der Waals surface area contributed by atoms with E-state index in [0.29, 0.717) is 23.8 Å². The van der Waals surface area contributed by atoms with Crippen molar-refractivity contribution in [1.82, 2.24) is 20.2 Å². The first kappa shape index (κ1) is 19.6. The quantitative estimate of drug-likeness (QED) is 0.825. The third-order valence-corrected chi connectivity index (χ3v) is 5.16. The highest BCUT2D eigenvalue weighted by Gasteiger charge is 2.24. The van der Waals surface area contributed by atoms with E-state index in [2.05, 4.69) is 20.2 Å². The van der Waals surface area contributed by atoms with Crippen LogP contribution in [0.2, 0.25) is 5.02 Å². The van der Waals surface area contributed by atoms with Crippen LogP contribution in [-0.4, -0.2) is 54.5 Å². The number of rotatable bonds is 6. The Hall–Kier alpha value is -2.18. The molecule has 1 aliphatic heterocycles. The molecule has 0 radical (unpaired) electrons. The predicted molar refractivity (Wildman–Crippen MR) is 108 cm³/mol. The van der Waals surface area contributed by atoms with E-state index in [1.54, 1.807) is 6.20 Å². The van der Waals surface area contributed by atoms with Crippen molar-refractivity contribution in [2.45, 2.75) is 25.8 Å². The standard InChI is InChI=1S/C20H26ClN5O/c1-14-17(12-23-20(24-14)25(2)3)19(27)22-13-18(26-10-4-5-11-26)15-6-8-16(21)9-7-15/h6-9,12,18H,4-5,10-11,13H2,1-3H3,(H,22,27)/t18-/m1/s1. The van der Waals surface area contributed by atoms with Gasteiger partial charge in [0.25, 0.3) is 5.91 Å². The third kappa shape index (κ3) is 4.76. The first-order valence-corrected chi connectivity index (χ1v) is 9.62. The molecule has 7 heteroatoms. The lowest BCUT2D eigenvalue weighted by atomic mass is 10.1. The average Bonchev–Trinajstić information content (AvgIpc) is 3.17. The van der Waals surface area contributed by atoms with Gasteiger partial charge in [-0.3, -0.25) is 9.69 Å². The Bertz CT molecular complexity index is 787. The van der Waals surface area contributed by atoms with Crippen molar-refractivity contribution in [1.29, 1.82) is 0 Å². The second-order valence-electron chi connectivity index (χ2n) is 7.08. The van der Waals surface area contributed by atoms with E-state index in [4.69, 9.17) is 11.6 Å². The summed E-state index contributed by atoms with van der Waals surface area (Å²) in [6.45, 7) is 4.46. The van der Waals surface area contributed by atoms with Crippen molar-refractivity contribution in [3.8, 4) is 0 Å². The molecule has 1 saturated heterocycles. The van der Waals surface area contributed by atoms with Gasteiger partial charge in [-0.25, -0.2) is 9.97 Å². The summed E-state index contributed by atoms with van der Waals surface area (Å²) in [6, 6.07) is 8.02. The Morgan fingerprint density at radius 3 is 2.52 bits per heavy atom. The summed E-state index contributed by atoms with van der Waals surface area (Å²) in [5.41, 5.74) is 2.35. The summed E-state index contributed by atoms with van der Waals surface area (Å²) in [7, 11) is 3.75. The van der Waals surface area contributed by atoms with Gasteiger partial charge < -0.3 is 10.2 Å². The normalized spacial score (nSPS) is 15.6. The maximum atomic E-state index is 12.7. The number of aryl methyl sites for hydroxylation is 1. The van der Waals surface area contributed by atoms with E-state index in [9.17, 15) is 4.79 Å². The van der Waals surface area contributed by atoms with Crippen LogP contribution in [0.1, 0.15) is 40.5 Å². The molecule has 1 amide bonds. The lowest BCUT2D eigenvalue weighted by Crippen LogP contribution is -2.37. The molecule has 1 fully saturated rings. The Morgan fingerprint density at radius 1 is 1.26 bits per heavy atom. The van der Waals surface area contributed by atoms with Gasteiger partial charge in [-0.2, -0.15) is 0 Å². The zero-order valence-electron chi connectivity index (χ0n) is 16.1. The maximum absolute atomic E-state index is 12.7. The van der Waals surface area contributed by atoms with E-state index in [1.165, 1.54) is 12.8 Å². The monoisotopic (exact) mass is 387 g/mol. The fraction of sp³-hybridized carbons (Fsp3) is 0.450. The van der Waals surface area contributed by atoms with Crippen molar-refractivity contribution in [2.75, 3.05) is 38.6 Å². The van der Waals surface area contributed by atoms with E-state index in [0.717, 1.165) is 23.7 Å². The second-order valence-corrected chi connectivity index (χ2v) is 7.52. The van der Waals surface area contributed by atoms with Crippen molar-refractivity contribution in [3.05, 3.63) is 52.3 Å². The lowest BCUT2D eigenvalue weighted by Gasteiger charge is -2.28. The van der Waals surface area contributed by atoms with E-state index < -0.39 is 0 Å². The second kappa shape index (κ2) is 8.67. The van der Waals surface area contributed by atoms with Gasteiger partial charge in [0.1, 0.15) is 0 Å². The Labute approximate surface area is 165 Å². The number of carbonyl (C=O) groups excluding carboxylic acids is 1. The molecule has 1 N–H and O–H groups in total. The molecule has 1 aliphatic rings. The van der Waals surface area contributed by atoms with Crippen LogP contribution in [0.15, 0.2) is 30.5 Å². The Balaban J connectivity index is 1.73. The van der Waals surface area contributed by atoms with Gasteiger partial charge in [0.2, 0.25) is 5.95 Å². The highest BCUT2D eigenvalue weighted by atomic mass is 35.5. The molecule has 0 bridgehead atoms. The first-order chi connectivity index (χ1) is 13.0. The fourth-order valence-corrected chi connectivity index (χ4v) is 3.50. The minimum atomic E-state index is -0.143. The number of benzene rings is 1. The number of aromatic nitrogens is 2. The maximum Gasteiger partial charge on any atom is 0.254 e. The number of nitrogens with zero attached hydrogens (tertiary/aromatic N) is 4. The molecule has 144 valence electrons. The molecule has 2 heterocycles. The van der Waals surface area contributed by atoms with Crippen LogP contribution in [0.5, 0.6) is 0 Å². The molecule has 3 rings (SSSR count). The Kier molecular flexibility index (Phi) is 6.29. The number of hydrogen-bond donors (Lipinski definition) is 1. The van der Waals surface area contributed by atoms with E-state index in [1.807, 2.05) is 50.2 Å². The number of hydrogen-bond acceptors (Lipinski definition) is 5. The van der Waals surface area contributed by atoms with Crippen LogP contribution in [0.25, 0.3) is 0 Å². The highest BCUT2D eigenvalue weighted by molar-refractivity contribution is 6.30. The zero-order valence-corrected chi connectivity index (χ0v) is 16.8. The van der Waals surface area contributed by atoms with Crippen LogP contribution in [0.3, 0.4) is 0 Å². The smallest absolute Gasteiger partial charge is 0.254 e. The SMILES string of the molecule is Cc1nc(N(C)C)ncc1C(=O)NC[C@H](c1ccc(Cl)cc1)N1CCCC1. The highest BCUT2D eigenvalue weighted by Crippen LogP contribution is 2.26. The molecule has 1 aromatic heterocycles. The van der Waals surface area contributed by atoms with Gasteiger partial charge in [-0.05, 0) is 50.6 Å². The van der Waals surface area contributed by atoms with Crippen LogP contribution in [0, 0.1) is 6.92 Å². The van der Waals surface area contributed by atoms with E-state index in [-0.39, 0.29) is 11.9 Å². The minimum absolute atomic E-state index is 0.135. The fourth-order valence-electron chi connectivity index (χ4n) is 3.37. The largest absolute Gasteiger partial charge is 0.350 e. The van der Waals surface area contributed by atoms with Gasteiger partial charge in [0.05, 0.1) is 17.3 Å².